The molecule has 0 radical (unpaired) electrons. The molecule has 4 rings (SSSR count). The van der Waals surface area contributed by atoms with Crippen molar-refractivity contribution in [3.8, 4) is 0 Å². The second-order valence-corrected chi connectivity index (χ2v) is 7.40. The zero-order valence-electron chi connectivity index (χ0n) is 16.4. The molecule has 0 bridgehead atoms. The average Bonchev–Trinajstić information content (AvgIpc) is 2.73. The smallest absolute Gasteiger partial charge is 0.354 e. The summed E-state index contributed by atoms with van der Waals surface area (Å²) >= 11 is 0. The summed E-state index contributed by atoms with van der Waals surface area (Å²) in [6.45, 7) is 5.18. The summed E-state index contributed by atoms with van der Waals surface area (Å²) in [5.74, 6) is -1.05. The summed E-state index contributed by atoms with van der Waals surface area (Å²) in [6.07, 6.45) is 3.61. The number of pyridine rings is 1. The van der Waals surface area contributed by atoms with E-state index < -0.39 is 5.97 Å². The second kappa shape index (κ2) is 7.71. The minimum absolute atomic E-state index is 0.00553. The van der Waals surface area contributed by atoms with Crippen molar-refractivity contribution in [3.05, 3.63) is 62.7 Å². The molecule has 1 N–H and O–H groups in total. The van der Waals surface area contributed by atoms with Gasteiger partial charge in [-0.05, 0) is 67.5 Å². The van der Waals surface area contributed by atoms with Crippen molar-refractivity contribution in [1.82, 2.24) is 20.0 Å². The maximum absolute atomic E-state index is 13.2. The van der Waals surface area contributed by atoms with Crippen molar-refractivity contribution in [2.75, 3.05) is 13.2 Å². The molecule has 0 amide bonds. The molecule has 8 heteroatoms. The zero-order chi connectivity index (χ0) is 20.5. The van der Waals surface area contributed by atoms with Crippen LogP contribution in [0.4, 0.5) is 0 Å². The number of hydrogen-bond donors (Lipinski definition) is 1. The van der Waals surface area contributed by atoms with E-state index in [1.807, 2.05) is 19.9 Å². The van der Waals surface area contributed by atoms with Gasteiger partial charge >= 0.3 is 5.97 Å². The van der Waals surface area contributed by atoms with Crippen LogP contribution in [0, 0.1) is 13.8 Å². The summed E-state index contributed by atoms with van der Waals surface area (Å²) < 4.78 is 6.88. The lowest BCUT2D eigenvalue weighted by Gasteiger charge is -2.23. The number of aromatic nitrogens is 4. The Balaban J connectivity index is 1.76. The van der Waals surface area contributed by atoms with E-state index in [0.29, 0.717) is 30.5 Å². The van der Waals surface area contributed by atoms with Gasteiger partial charge in [0.2, 0.25) is 0 Å². The van der Waals surface area contributed by atoms with Gasteiger partial charge in [-0.25, -0.2) is 14.5 Å². The number of rotatable bonds is 4. The van der Waals surface area contributed by atoms with Crippen molar-refractivity contribution in [2.45, 2.75) is 39.2 Å². The molecule has 1 fully saturated rings. The number of hydrogen-bond acceptors (Lipinski definition) is 6. The van der Waals surface area contributed by atoms with Gasteiger partial charge in [-0.2, -0.15) is 0 Å². The van der Waals surface area contributed by atoms with Crippen molar-refractivity contribution in [1.29, 1.82) is 0 Å². The van der Waals surface area contributed by atoms with E-state index in [4.69, 9.17) is 9.84 Å². The van der Waals surface area contributed by atoms with E-state index in [1.54, 1.807) is 12.3 Å². The number of nitrogens with zero attached hydrogens (tertiary/aromatic N) is 4. The summed E-state index contributed by atoms with van der Waals surface area (Å²) in [5.41, 5.74) is 4.33. The molecule has 150 valence electrons. The first kappa shape index (κ1) is 19.2. The van der Waals surface area contributed by atoms with Crippen LogP contribution in [0.25, 0.3) is 10.9 Å². The first-order chi connectivity index (χ1) is 14.0. The van der Waals surface area contributed by atoms with Gasteiger partial charge in [0, 0.05) is 19.4 Å². The Labute approximate surface area is 167 Å². The molecule has 0 atom stereocenters. The highest BCUT2D eigenvalue weighted by molar-refractivity contribution is 5.85. The van der Waals surface area contributed by atoms with Gasteiger partial charge in [0.05, 0.1) is 11.4 Å². The number of fused-ring (bicyclic) bond motifs is 1. The molecule has 8 nitrogen and oxygen atoms in total. The van der Waals surface area contributed by atoms with Crippen LogP contribution < -0.4 is 5.56 Å². The number of carboxylic acids is 1. The van der Waals surface area contributed by atoms with Gasteiger partial charge in [0.1, 0.15) is 11.2 Å². The Kier molecular flexibility index (Phi) is 5.10. The minimum atomic E-state index is -1.05. The fourth-order valence-electron chi connectivity index (χ4n) is 3.75. The average molecular weight is 394 g/mol. The van der Waals surface area contributed by atoms with Crippen LogP contribution in [0.1, 0.15) is 51.6 Å². The molecule has 2 aromatic heterocycles. The number of aromatic carboxylic acids is 1. The third-order valence-corrected chi connectivity index (χ3v) is 5.63. The van der Waals surface area contributed by atoms with Gasteiger partial charge in [-0.1, -0.05) is 11.3 Å². The third-order valence-electron chi connectivity index (χ3n) is 5.63. The molecular weight excluding hydrogens is 372 g/mol. The highest BCUT2D eigenvalue weighted by atomic mass is 16.5. The first-order valence-electron chi connectivity index (χ1n) is 9.60. The lowest BCUT2D eigenvalue weighted by atomic mass is 9.95. The number of carbonyl (C=O) groups is 1. The molecule has 0 unspecified atom stereocenters. The molecule has 0 spiro atoms. The van der Waals surface area contributed by atoms with Gasteiger partial charge < -0.3 is 9.84 Å². The van der Waals surface area contributed by atoms with Gasteiger partial charge in [-0.15, -0.1) is 5.10 Å². The topological polar surface area (TPSA) is 107 Å². The predicted octanol–water partition coefficient (Wildman–Crippen LogP) is 2.44. The number of carboxylic acid groups (broad SMARTS) is 1. The second-order valence-electron chi connectivity index (χ2n) is 7.40. The molecular formula is C21H22N4O4. The molecule has 0 saturated carbocycles. The van der Waals surface area contributed by atoms with Crippen molar-refractivity contribution in [2.24, 2.45) is 0 Å². The zero-order valence-corrected chi connectivity index (χ0v) is 16.4. The van der Waals surface area contributed by atoms with Crippen molar-refractivity contribution < 1.29 is 14.6 Å². The molecule has 1 aliphatic heterocycles. The van der Waals surface area contributed by atoms with Crippen LogP contribution in [0.15, 0.2) is 29.2 Å². The van der Waals surface area contributed by atoms with Crippen LogP contribution in [0.3, 0.4) is 0 Å². The molecule has 1 aromatic carbocycles. The van der Waals surface area contributed by atoms with E-state index in [2.05, 4.69) is 15.3 Å². The predicted molar refractivity (Wildman–Crippen MR) is 106 cm³/mol. The third kappa shape index (κ3) is 3.63. The van der Waals surface area contributed by atoms with E-state index >= 15 is 0 Å². The van der Waals surface area contributed by atoms with E-state index in [9.17, 15) is 9.59 Å². The lowest BCUT2D eigenvalue weighted by Crippen LogP contribution is -2.32. The molecule has 1 saturated heterocycles. The SMILES string of the molecule is Cc1c(Cc2ccc(C(=O)O)nc2)cc2c(=O)n(C3CCOCC3)nnc2c1C. The highest BCUT2D eigenvalue weighted by Gasteiger charge is 2.21. The Morgan fingerprint density at radius 2 is 2.00 bits per heavy atom. The Morgan fingerprint density at radius 3 is 2.66 bits per heavy atom. The maximum atomic E-state index is 13.2. The number of benzene rings is 1. The van der Waals surface area contributed by atoms with Crippen LogP contribution in [0.5, 0.6) is 0 Å². The molecule has 3 heterocycles. The number of aryl methyl sites for hydroxylation is 1. The Bertz CT molecular complexity index is 1130. The monoisotopic (exact) mass is 394 g/mol. The Hall–Kier alpha value is -3.13. The fraction of sp³-hybridized carbons (Fsp3) is 0.381. The molecule has 29 heavy (non-hydrogen) atoms. The van der Waals surface area contributed by atoms with Gasteiger partial charge in [0.25, 0.3) is 5.56 Å². The lowest BCUT2D eigenvalue weighted by molar-refractivity contribution is 0.0641. The molecule has 1 aliphatic rings. The highest BCUT2D eigenvalue weighted by Crippen LogP contribution is 2.24. The van der Waals surface area contributed by atoms with E-state index in [1.165, 1.54) is 10.7 Å². The van der Waals surface area contributed by atoms with Crippen LogP contribution in [-0.2, 0) is 11.2 Å². The van der Waals surface area contributed by atoms with Crippen molar-refractivity contribution in [3.63, 3.8) is 0 Å². The molecule has 0 aliphatic carbocycles. The van der Waals surface area contributed by atoms with Crippen LogP contribution >= 0.6 is 0 Å². The Morgan fingerprint density at radius 1 is 1.24 bits per heavy atom. The largest absolute Gasteiger partial charge is 0.477 e. The summed E-state index contributed by atoms with van der Waals surface area (Å²) in [6, 6.07) is 5.13. The summed E-state index contributed by atoms with van der Waals surface area (Å²) in [5, 5.41) is 18.1. The maximum Gasteiger partial charge on any atom is 0.354 e. The standard InChI is InChI=1S/C21H22N4O4/c1-12-13(2)19-17(20(26)25(24-23-19)16-5-7-29-8-6-16)10-15(12)9-14-3-4-18(21(27)28)22-11-14/h3-4,10-11,16H,5-9H2,1-2H3,(H,27,28). The van der Waals surface area contributed by atoms with Crippen LogP contribution in [0.2, 0.25) is 0 Å². The van der Waals surface area contributed by atoms with Crippen molar-refractivity contribution >= 4 is 16.9 Å². The normalized spacial score (nSPS) is 15.0. The van der Waals surface area contributed by atoms with Gasteiger partial charge in [-0.3, -0.25) is 4.79 Å². The van der Waals surface area contributed by atoms with Gasteiger partial charge in [0.15, 0.2) is 0 Å². The first-order valence-corrected chi connectivity index (χ1v) is 9.60. The molecule has 3 aromatic rings. The fourth-order valence-corrected chi connectivity index (χ4v) is 3.75. The summed E-state index contributed by atoms with van der Waals surface area (Å²) in [4.78, 5) is 28.1. The van der Waals surface area contributed by atoms with E-state index in [0.717, 1.165) is 35.1 Å². The quantitative estimate of drug-likeness (QED) is 0.724. The summed E-state index contributed by atoms with van der Waals surface area (Å²) in [7, 11) is 0. The van der Waals surface area contributed by atoms with E-state index in [-0.39, 0.29) is 17.3 Å². The van der Waals surface area contributed by atoms with Crippen LogP contribution in [-0.4, -0.2) is 44.3 Å². The minimum Gasteiger partial charge on any atom is -0.477 e. The number of ether oxygens (including phenoxy) is 1.